The van der Waals surface area contributed by atoms with Crippen LogP contribution in [0.3, 0.4) is 0 Å². The van der Waals surface area contributed by atoms with Crippen LogP contribution in [0.1, 0.15) is 13.8 Å². The summed E-state index contributed by atoms with van der Waals surface area (Å²) in [5.41, 5.74) is 0.832. The van der Waals surface area contributed by atoms with Gasteiger partial charge in [0.25, 0.3) is 0 Å². The Morgan fingerprint density at radius 1 is 1.45 bits per heavy atom. The van der Waals surface area contributed by atoms with Gasteiger partial charge in [-0.1, -0.05) is 34.7 Å². The van der Waals surface area contributed by atoms with E-state index in [0.717, 1.165) is 0 Å². The second kappa shape index (κ2) is 7.30. The quantitative estimate of drug-likeness (QED) is 0.519. The minimum atomic E-state index is -0.650. The first-order valence-electron chi connectivity index (χ1n) is 6.96. The van der Waals surface area contributed by atoms with Gasteiger partial charge in [-0.15, -0.1) is 0 Å². The van der Waals surface area contributed by atoms with Crippen LogP contribution in [0.5, 0.6) is 5.75 Å². The maximum absolute atomic E-state index is 11.3. The molecule has 4 N–H and O–H groups in total. The van der Waals surface area contributed by atoms with Gasteiger partial charge in [-0.3, -0.25) is 0 Å². The van der Waals surface area contributed by atoms with Gasteiger partial charge in [0.05, 0.1) is 5.52 Å². The molecule has 1 heterocycles. The number of para-hydroxylation sites is 1. The Bertz CT molecular complexity index is 705. The number of aliphatic hydroxyl groups excluding tert-OH is 1. The predicted molar refractivity (Wildman–Crippen MR) is 95.7 cm³/mol. The minimum absolute atomic E-state index is 0.142. The SMILES string of the molecule is CC(C)(/C=C/I)NC[C@H](O)COc1cccc2[nH]c(=O)[nH]c12. The molecule has 0 saturated heterocycles. The number of aliphatic hydroxyl groups is 1. The maximum atomic E-state index is 11.3. The van der Waals surface area contributed by atoms with Crippen LogP contribution in [0, 0.1) is 0 Å². The molecule has 0 saturated carbocycles. The standard InChI is InChI=1S/C15H20IN3O3/c1-15(2,6-7-16)17-8-10(20)9-22-12-5-3-4-11-13(12)19-14(21)18-11/h3-7,10,17,20H,8-9H2,1-2H3,(H2,18,19,21)/b7-6+/t10-/m0/s1. The largest absolute Gasteiger partial charge is 0.489 e. The van der Waals surface area contributed by atoms with E-state index in [9.17, 15) is 9.90 Å². The molecule has 0 spiro atoms. The zero-order valence-electron chi connectivity index (χ0n) is 12.5. The number of benzene rings is 1. The number of H-pyrrole nitrogens is 2. The topological polar surface area (TPSA) is 90.1 Å². The van der Waals surface area contributed by atoms with Gasteiger partial charge < -0.3 is 25.1 Å². The highest BCUT2D eigenvalue weighted by atomic mass is 127. The average Bonchev–Trinajstić information content (AvgIpc) is 2.83. The minimum Gasteiger partial charge on any atom is -0.489 e. The molecule has 1 aromatic carbocycles. The van der Waals surface area contributed by atoms with Crippen LogP contribution in [-0.2, 0) is 0 Å². The van der Waals surface area contributed by atoms with Crippen molar-refractivity contribution in [1.29, 1.82) is 0 Å². The molecule has 0 aliphatic carbocycles. The molecule has 0 aliphatic heterocycles. The summed E-state index contributed by atoms with van der Waals surface area (Å²) < 4.78 is 7.56. The monoisotopic (exact) mass is 417 g/mol. The summed E-state index contributed by atoms with van der Waals surface area (Å²) in [4.78, 5) is 16.7. The number of nitrogens with one attached hydrogen (secondary N) is 3. The first-order valence-corrected chi connectivity index (χ1v) is 8.21. The predicted octanol–water partition coefficient (Wildman–Crippen LogP) is 1.91. The van der Waals surface area contributed by atoms with Crippen molar-refractivity contribution in [1.82, 2.24) is 15.3 Å². The van der Waals surface area contributed by atoms with Crippen LogP contribution in [0.25, 0.3) is 11.0 Å². The van der Waals surface area contributed by atoms with Crippen LogP contribution < -0.4 is 15.7 Å². The fourth-order valence-electron chi connectivity index (χ4n) is 1.99. The van der Waals surface area contributed by atoms with Crippen LogP contribution in [-0.4, -0.2) is 39.9 Å². The van der Waals surface area contributed by atoms with E-state index in [1.807, 2.05) is 24.0 Å². The molecule has 2 rings (SSSR count). The molecule has 0 amide bonds. The fraction of sp³-hybridized carbons (Fsp3) is 0.400. The Morgan fingerprint density at radius 2 is 2.23 bits per heavy atom. The number of aromatic amines is 2. The molecular weight excluding hydrogens is 397 g/mol. The van der Waals surface area contributed by atoms with Gasteiger partial charge in [-0.25, -0.2) is 4.79 Å². The fourth-order valence-corrected chi connectivity index (χ4v) is 2.89. The summed E-state index contributed by atoms with van der Waals surface area (Å²) in [5, 5.41) is 13.3. The molecule has 120 valence electrons. The van der Waals surface area contributed by atoms with E-state index in [1.165, 1.54) is 0 Å². The molecule has 0 fully saturated rings. The summed E-state index contributed by atoms with van der Waals surface area (Å²) in [7, 11) is 0. The summed E-state index contributed by atoms with van der Waals surface area (Å²) in [6.07, 6.45) is 1.37. The number of aromatic nitrogens is 2. The number of β-amino-alcohol motifs (C(OH)–C–C–N with tert-alkyl or cyclic N) is 1. The first kappa shape index (κ1) is 17.0. The zero-order chi connectivity index (χ0) is 16.2. The molecule has 2 aromatic rings. The third-order valence-corrected chi connectivity index (χ3v) is 3.58. The van der Waals surface area contributed by atoms with Crippen molar-refractivity contribution in [2.24, 2.45) is 0 Å². The van der Waals surface area contributed by atoms with E-state index in [4.69, 9.17) is 4.74 Å². The van der Waals surface area contributed by atoms with Crippen molar-refractivity contribution in [3.8, 4) is 5.75 Å². The van der Waals surface area contributed by atoms with Gasteiger partial charge in [0.15, 0.2) is 0 Å². The van der Waals surface area contributed by atoms with Crippen LogP contribution in [0.4, 0.5) is 0 Å². The summed E-state index contributed by atoms with van der Waals surface area (Å²) >= 11 is 2.16. The molecule has 0 bridgehead atoms. The van der Waals surface area contributed by atoms with Gasteiger partial charge in [0.2, 0.25) is 0 Å². The summed E-state index contributed by atoms with van der Waals surface area (Å²) in [6, 6.07) is 5.34. The molecule has 1 atom stereocenters. The molecule has 1 aromatic heterocycles. The maximum Gasteiger partial charge on any atom is 0.323 e. The van der Waals surface area contributed by atoms with Gasteiger partial charge in [0.1, 0.15) is 24.0 Å². The second-order valence-corrected chi connectivity index (χ2v) is 6.34. The van der Waals surface area contributed by atoms with Crippen molar-refractivity contribution in [2.45, 2.75) is 25.5 Å². The Balaban J connectivity index is 1.93. The van der Waals surface area contributed by atoms with Crippen molar-refractivity contribution < 1.29 is 9.84 Å². The molecule has 0 unspecified atom stereocenters. The van der Waals surface area contributed by atoms with E-state index in [-0.39, 0.29) is 17.8 Å². The van der Waals surface area contributed by atoms with Gasteiger partial charge in [0, 0.05) is 12.1 Å². The van der Waals surface area contributed by atoms with Crippen molar-refractivity contribution >= 4 is 33.6 Å². The Hall–Kier alpha value is -1.32. The Kier molecular flexibility index (Phi) is 5.65. The van der Waals surface area contributed by atoms with E-state index < -0.39 is 6.10 Å². The molecule has 0 radical (unpaired) electrons. The van der Waals surface area contributed by atoms with Crippen LogP contribution in [0.15, 0.2) is 33.2 Å². The molecule has 0 aliphatic rings. The van der Waals surface area contributed by atoms with Gasteiger partial charge >= 0.3 is 5.69 Å². The lowest BCUT2D eigenvalue weighted by Crippen LogP contribution is -2.43. The molecule has 7 heteroatoms. The Labute approximate surface area is 142 Å². The number of fused-ring (bicyclic) bond motifs is 1. The van der Waals surface area contributed by atoms with Crippen LogP contribution >= 0.6 is 22.6 Å². The van der Waals surface area contributed by atoms with E-state index >= 15 is 0 Å². The number of ether oxygens (including phenoxy) is 1. The average molecular weight is 417 g/mol. The van der Waals surface area contributed by atoms with Crippen molar-refractivity contribution in [3.63, 3.8) is 0 Å². The highest BCUT2D eigenvalue weighted by Gasteiger charge is 2.15. The highest BCUT2D eigenvalue weighted by Crippen LogP contribution is 2.21. The second-order valence-electron chi connectivity index (χ2n) is 5.62. The smallest absolute Gasteiger partial charge is 0.323 e. The lowest BCUT2D eigenvalue weighted by molar-refractivity contribution is 0.102. The van der Waals surface area contributed by atoms with E-state index in [0.29, 0.717) is 23.3 Å². The number of rotatable bonds is 7. The number of hydrogen-bond donors (Lipinski definition) is 4. The van der Waals surface area contributed by atoms with Gasteiger partial charge in [-0.05, 0) is 30.1 Å². The lowest BCUT2D eigenvalue weighted by atomic mass is 10.1. The normalized spacial score (nSPS) is 13.8. The third kappa shape index (κ3) is 4.59. The zero-order valence-corrected chi connectivity index (χ0v) is 14.7. The van der Waals surface area contributed by atoms with Gasteiger partial charge in [-0.2, -0.15) is 0 Å². The number of halogens is 1. The van der Waals surface area contributed by atoms with E-state index in [2.05, 4.69) is 37.9 Å². The molecule has 22 heavy (non-hydrogen) atoms. The van der Waals surface area contributed by atoms with Crippen LogP contribution in [0.2, 0.25) is 0 Å². The highest BCUT2D eigenvalue weighted by molar-refractivity contribution is 14.1. The van der Waals surface area contributed by atoms with Crippen molar-refractivity contribution in [3.05, 3.63) is 38.8 Å². The molecule has 6 nitrogen and oxygen atoms in total. The molecular formula is C15H20IN3O3. The third-order valence-electron chi connectivity index (χ3n) is 3.22. The number of hydrogen-bond acceptors (Lipinski definition) is 4. The first-order chi connectivity index (χ1) is 10.4. The summed E-state index contributed by atoms with van der Waals surface area (Å²) in [6.45, 7) is 4.61. The number of imidazole rings is 1. The van der Waals surface area contributed by atoms with Crippen molar-refractivity contribution in [2.75, 3.05) is 13.2 Å². The summed E-state index contributed by atoms with van der Waals surface area (Å²) in [5.74, 6) is 0.543. The lowest BCUT2D eigenvalue weighted by Gasteiger charge is -2.24. The van der Waals surface area contributed by atoms with E-state index in [1.54, 1.807) is 18.2 Å². The Morgan fingerprint density at radius 3 is 2.95 bits per heavy atom.